The standard InChI is InChI=1S/C15H17ClN4/c1-2-20(10-11-5-7-19-8-6-11)12-3-4-13(15(17)18)14(16)9-12/h3-9H,2,10H2,1H3,(H3,17,18). The van der Waals surface area contributed by atoms with Crippen molar-refractivity contribution in [1.82, 2.24) is 4.98 Å². The summed E-state index contributed by atoms with van der Waals surface area (Å²) in [6, 6.07) is 9.56. The average molecular weight is 289 g/mol. The number of anilines is 1. The normalized spacial score (nSPS) is 10.3. The van der Waals surface area contributed by atoms with Gasteiger partial charge in [0.15, 0.2) is 0 Å². The molecule has 0 fully saturated rings. The first-order chi connectivity index (χ1) is 9.61. The molecule has 0 aliphatic rings. The Morgan fingerprint density at radius 2 is 2.00 bits per heavy atom. The average Bonchev–Trinajstić information content (AvgIpc) is 2.45. The number of nitrogen functional groups attached to an aromatic ring is 1. The fraction of sp³-hybridized carbons (Fsp3) is 0.200. The highest BCUT2D eigenvalue weighted by atomic mass is 35.5. The van der Waals surface area contributed by atoms with Crippen LogP contribution in [0.5, 0.6) is 0 Å². The predicted octanol–water partition coefficient (Wildman–Crippen LogP) is 3.05. The van der Waals surface area contributed by atoms with Gasteiger partial charge in [-0.05, 0) is 42.8 Å². The molecular weight excluding hydrogens is 272 g/mol. The lowest BCUT2D eigenvalue weighted by Crippen LogP contribution is -2.22. The molecule has 0 aliphatic heterocycles. The lowest BCUT2D eigenvalue weighted by molar-refractivity contribution is 0.830. The number of rotatable bonds is 5. The number of nitrogens with one attached hydrogen (secondary N) is 1. The maximum Gasteiger partial charge on any atom is 0.124 e. The van der Waals surface area contributed by atoms with Crippen LogP contribution in [-0.4, -0.2) is 17.4 Å². The van der Waals surface area contributed by atoms with Crippen molar-refractivity contribution < 1.29 is 0 Å². The zero-order chi connectivity index (χ0) is 14.5. The van der Waals surface area contributed by atoms with Gasteiger partial charge in [0.25, 0.3) is 0 Å². The molecule has 0 radical (unpaired) electrons. The summed E-state index contributed by atoms with van der Waals surface area (Å²) in [5, 5.41) is 7.95. The van der Waals surface area contributed by atoms with Gasteiger partial charge >= 0.3 is 0 Å². The van der Waals surface area contributed by atoms with E-state index in [9.17, 15) is 0 Å². The number of hydrogen-bond donors (Lipinski definition) is 2. The lowest BCUT2D eigenvalue weighted by atomic mass is 10.1. The summed E-state index contributed by atoms with van der Waals surface area (Å²) in [5.41, 5.74) is 8.24. The minimum Gasteiger partial charge on any atom is -0.384 e. The minimum atomic E-state index is -0.0151. The second-order valence-electron chi connectivity index (χ2n) is 4.45. The Bertz CT molecular complexity index is 598. The second-order valence-corrected chi connectivity index (χ2v) is 4.85. The van der Waals surface area contributed by atoms with Crippen LogP contribution in [0.1, 0.15) is 18.1 Å². The summed E-state index contributed by atoms with van der Waals surface area (Å²) < 4.78 is 0. The van der Waals surface area contributed by atoms with Crippen LogP contribution in [0, 0.1) is 5.41 Å². The highest BCUT2D eigenvalue weighted by molar-refractivity contribution is 6.34. The molecule has 1 aromatic carbocycles. The van der Waals surface area contributed by atoms with Crippen molar-refractivity contribution in [2.45, 2.75) is 13.5 Å². The quantitative estimate of drug-likeness (QED) is 0.656. The van der Waals surface area contributed by atoms with E-state index in [1.165, 1.54) is 5.56 Å². The first-order valence-corrected chi connectivity index (χ1v) is 6.77. The molecule has 0 atom stereocenters. The van der Waals surface area contributed by atoms with Crippen LogP contribution in [0.2, 0.25) is 5.02 Å². The molecule has 4 nitrogen and oxygen atoms in total. The fourth-order valence-corrected chi connectivity index (χ4v) is 2.29. The molecule has 20 heavy (non-hydrogen) atoms. The van der Waals surface area contributed by atoms with Gasteiger partial charge in [-0.25, -0.2) is 0 Å². The predicted molar refractivity (Wildman–Crippen MR) is 83.4 cm³/mol. The summed E-state index contributed by atoms with van der Waals surface area (Å²) in [6.45, 7) is 3.74. The molecule has 0 saturated heterocycles. The Balaban J connectivity index is 2.24. The van der Waals surface area contributed by atoms with Crippen molar-refractivity contribution in [1.29, 1.82) is 5.41 Å². The zero-order valence-electron chi connectivity index (χ0n) is 11.3. The summed E-state index contributed by atoms with van der Waals surface area (Å²) in [7, 11) is 0. The van der Waals surface area contributed by atoms with Gasteiger partial charge in [0, 0.05) is 36.7 Å². The first-order valence-electron chi connectivity index (χ1n) is 6.39. The van der Waals surface area contributed by atoms with Crippen LogP contribution in [0.4, 0.5) is 5.69 Å². The van der Waals surface area contributed by atoms with E-state index in [1.54, 1.807) is 18.5 Å². The third-order valence-electron chi connectivity index (χ3n) is 3.11. The number of amidine groups is 1. The number of nitrogens with two attached hydrogens (primary N) is 1. The van der Waals surface area contributed by atoms with Crippen LogP contribution in [0.25, 0.3) is 0 Å². The summed E-state index contributed by atoms with van der Waals surface area (Å²) >= 11 is 6.17. The Hall–Kier alpha value is -2.07. The Morgan fingerprint density at radius 1 is 1.30 bits per heavy atom. The zero-order valence-corrected chi connectivity index (χ0v) is 12.1. The van der Waals surface area contributed by atoms with Crippen molar-refractivity contribution in [3.63, 3.8) is 0 Å². The highest BCUT2D eigenvalue weighted by Crippen LogP contribution is 2.24. The third kappa shape index (κ3) is 3.27. The van der Waals surface area contributed by atoms with E-state index < -0.39 is 0 Å². The number of halogens is 1. The number of pyridine rings is 1. The SMILES string of the molecule is CCN(Cc1ccncc1)c1ccc(C(=N)N)c(Cl)c1. The van der Waals surface area contributed by atoms with Crippen molar-refractivity contribution in [3.05, 3.63) is 58.9 Å². The number of nitrogens with zero attached hydrogens (tertiary/aromatic N) is 2. The van der Waals surface area contributed by atoms with Crippen LogP contribution < -0.4 is 10.6 Å². The maximum atomic E-state index is 7.45. The topological polar surface area (TPSA) is 66.0 Å². The van der Waals surface area contributed by atoms with E-state index in [0.29, 0.717) is 10.6 Å². The molecule has 0 saturated carbocycles. The lowest BCUT2D eigenvalue weighted by Gasteiger charge is -2.24. The molecule has 2 aromatic rings. The molecular formula is C15H17ClN4. The molecule has 1 heterocycles. The molecule has 104 valence electrons. The van der Waals surface area contributed by atoms with E-state index in [-0.39, 0.29) is 5.84 Å². The largest absolute Gasteiger partial charge is 0.384 e. The van der Waals surface area contributed by atoms with E-state index in [2.05, 4.69) is 16.8 Å². The molecule has 2 rings (SSSR count). The monoisotopic (exact) mass is 288 g/mol. The van der Waals surface area contributed by atoms with Crippen molar-refractivity contribution >= 4 is 23.1 Å². The van der Waals surface area contributed by atoms with E-state index in [0.717, 1.165) is 18.8 Å². The molecule has 5 heteroatoms. The smallest absolute Gasteiger partial charge is 0.124 e. The Labute approximate surface area is 123 Å². The number of aromatic nitrogens is 1. The highest BCUT2D eigenvalue weighted by Gasteiger charge is 2.09. The molecule has 0 bridgehead atoms. The van der Waals surface area contributed by atoms with Crippen LogP contribution in [0.15, 0.2) is 42.7 Å². The molecule has 0 amide bonds. The van der Waals surface area contributed by atoms with E-state index in [1.807, 2.05) is 24.3 Å². The number of benzene rings is 1. The fourth-order valence-electron chi connectivity index (χ4n) is 2.01. The second kappa shape index (κ2) is 6.39. The summed E-state index contributed by atoms with van der Waals surface area (Å²) in [5.74, 6) is -0.0151. The van der Waals surface area contributed by atoms with Gasteiger partial charge in [-0.3, -0.25) is 10.4 Å². The summed E-state index contributed by atoms with van der Waals surface area (Å²) in [4.78, 5) is 6.22. The van der Waals surface area contributed by atoms with Crippen LogP contribution in [0.3, 0.4) is 0 Å². The molecule has 3 N–H and O–H groups in total. The van der Waals surface area contributed by atoms with Gasteiger partial charge < -0.3 is 10.6 Å². The van der Waals surface area contributed by atoms with Gasteiger partial charge in [-0.2, -0.15) is 0 Å². The van der Waals surface area contributed by atoms with Gasteiger partial charge in [-0.15, -0.1) is 0 Å². The van der Waals surface area contributed by atoms with Crippen molar-refractivity contribution in [2.75, 3.05) is 11.4 Å². The van der Waals surface area contributed by atoms with E-state index in [4.69, 9.17) is 22.7 Å². The molecule has 0 aliphatic carbocycles. The van der Waals surface area contributed by atoms with E-state index >= 15 is 0 Å². The Kier molecular flexibility index (Phi) is 4.58. The number of hydrogen-bond acceptors (Lipinski definition) is 3. The molecule has 0 spiro atoms. The minimum absolute atomic E-state index is 0.0151. The van der Waals surface area contributed by atoms with Crippen molar-refractivity contribution in [3.8, 4) is 0 Å². The molecule has 1 aromatic heterocycles. The molecule has 0 unspecified atom stereocenters. The van der Waals surface area contributed by atoms with Gasteiger partial charge in [0.05, 0.1) is 5.02 Å². The third-order valence-corrected chi connectivity index (χ3v) is 3.43. The van der Waals surface area contributed by atoms with Crippen LogP contribution >= 0.6 is 11.6 Å². The first kappa shape index (κ1) is 14.3. The van der Waals surface area contributed by atoms with Crippen LogP contribution in [-0.2, 0) is 6.54 Å². The maximum absolute atomic E-state index is 7.45. The van der Waals surface area contributed by atoms with Gasteiger partial charge in [0.1, 0.15) is 5.84 Å². The van der Waals surface area contributed by atoms with Gasteiger partial charge in [0.2, 0.25) is 0 Å². The van der Waals surface area contributed by atoms with Crippen molar-refractivity contribution in [2.24, 2.45) is 5.73 Å². The van der Waals surface area contributed by atoms with Gasteiger partial charge in [-0.1, -0.05) is 11.6 Å². The summed E-state index contributed by atoms with van der Waals surface area (Å²) in [6.07, 6.45) is 3.57. The Morgan fingerprint density at radius 3 is 2.55 bits per heavy atom.